The summed E-state index contributed by atoms with van der Waals surface area (Å²) in [7, 11) is 3.73. The maximum atomic E-state index is 13.4. The first-order valence-corrected chi connectivity index (χ1v) is 9.43. The van der Waals surface area contributed by atoms with Gasteiger partial charge in [-0.05, 0) is 38.4 Å². The molecule has 0 aliphatic rings. The van der Waals surface area contributed by atoms with E-state index in [1.807, 2.05) is 19.0 Å². The average molecular weight is 430 g/mol. The number of carbonyl (C=O) groups excluding carboxylic acids is 1. The Bertz CT molecular complexity index is 1070. The Labute approximate surface area is 178 Å². The topological polar surface area (TPSA) is 83.3 Å². The number of aromatic nitrogens is 2. The highest BCUT2D eigenvalue weighted by molar-refractivity contribution is 6.31. The van der Waals surface area contributed by atoms with Crippen molar-refractivity contribution in [3.63, 3.8) is 0 Å². The molecule has 156 valence electrons. The zero-order valence-corrected chi connectivity index (χ0v) is 17.3. The molecule has 2 heterocycles. The normalized spacial score (nSPS) is 10.8. The van der Waals surface area contributed by atoms with Gasteiger partial charge in [-0.15, -0.1) is 0 Å². The molecule has 7 nitrogen and oxygen atoms in total. The quantitative estimate of drug-likeness (QED) is 0.526. The third-order valence-corrected chi connectivity index (χ3v) is 4.35. The van der Waals surface area contributed by atoms with E-state index in [1.165, 1.54) is 18.4 Å². The Kier molecular flexibility index (Phi) is 6.81. The molecule has 0 fully saturated rings. The second-order valence-corrected chi connectivity index (χ2v) is 7.25. The summed E-state index contributed by atoms with van der Waals surface area (Å²) in [5.74, 6) is -0.412. The molecule has 30 heavy (non-hydrogen) atoms. The van der Waals surface area contributed by atoms with Crippen molar-refractivity contribution in [2.24, 2.45) is 0 Å². The summed E-state index contributed by atoms with van der Waals surface area (Å²) in [6, 6.07) is 6.08. The molecule has 0 unspecified atom stereocenters. The van der Waals surface area contributed by atoms with Crippen molar-refractivity contribution in [1.29, 1.82) is 0 Å². The number of nitrogens with zero attached hydrogens (tertiary/aromatic N) is 3. The van der Waals surface area contributed by atoms with Gasteiger partial charge in [0, 0.05) is 30.2 Å². The van der Waals surface area contributed by atoms with Crippen LogP contribution in [-0.4, -0.2) is 41.4 Å². The Hall–Kier alpha value is -3.23. The van der Waals surface area contributed by atoms with Crippen LogP contribution >= 0.6 is 11.6 Å². The molecule has 0 aliphatic heterocycles. The molecule has 0 bridgehead atoms. The molecule has 0 radical (unpaired) electrons. The summed E-state index contributed by atoms with van der Waals surface area (Å²) in [4.78, 5) is 22.5. The van der Waals surface area contributed by atoms with Crippen LogP contribution in [0, 0.1) is 5.82 Å². The van der Waals surface area contributed by atoms with Crippen molar-refractivity contribution in [1.82, 2.24) is 20.2 Å². The molecule has 2 aromatic heterocycles. The zero-order chi connectivity index (χ0) is 21.7. The standard InChI is InChI=1S/C21H21ClFN5O2/c1-13(11-28(2)3)20(29)25-9-15-12-30-21(27-15)16-10-24-7-6-19(16)26-14-4-5-18(23)17(22)8-14/h4-8,10,12H,1,9,11H2,2-3H3,(H,24,26)(H,25,29). The molecule has 1 amide bonds. The second-order valence-electron chi connectivity index (χ2n) is 6.84. The van der Waals surface area contributed by atoms with Gasteiger partial charge in [0.2, 0.25) is 11.8 Å². The molecule has 1 aromatic carbocycles. The molecule has 0 saturated heterocycles. The van der Waals surface area contributed by atoms with Gasteiger partial charge in [0.25, 0.3) is 0 Å². The number of halogens is 2. The molecular formula is C21H21ClFN5O2. The largest absolute Gasteiger partial charge is 0.444 e. The van der Waals surface area contributed by atoms with Crippen LogP contribution in [0.5, 0.6) is 0 Å². The molecule has 9 heteroatoms. The van der Waals surface area contributed by atoms with E-state index in [0.717, 1.165) is 0 Å². The number of hydrogen-bond acceptors (Lipinski definition) is 6. The van der Waals surface area contributed by atoms with Gasteiger partial charge in [-0.3, -0.25) is 9.78 Å². The van der Waals surface area contributed by atoms with Crippen LogP contribution in [0.3, 0.4) is 0 Å². The van der Waals surface area contributed by atoms with Gasteiger partial charge in [-0.2, -0.15) is 0 Å². The first-order chi connectivity index (χ1) is 14.3. The number of nitrogens with one attached hydrogen (secondary N) is 2. The lowest BCUT2D eigenvalue weighted by atomic mass is 10.2. The highest BCUT2D eigenvalue weighted by Crippen LogP contribution is 2.30. The van der Waals surface area contributed by atoms with E-state index in [0.29, 0.717) is 40.6 Å². The second kappa shape index (κ2) is 9.51. The lowest BCUT2D eigenvalue weighted by molar-refractivity contribution is -0.117. The molecule has 0 aliphatic carbocycles. The Balaban J connectivity index is 1.72. The summed E-state index contributed by atoms with van der Waals surface area (Å²) in [6.07, 6.45) is 4.67. The molecule has 0 atom stereocenters. The molecule has 3 rings (SSSR count). The van der Waals surface area contributed by atoms with Crippen LogP contribution in [0.15, 0.2) is 59.5 Å². The fraction of sp³-hybridized carbons (Fsp3) is 0.190. The van der Waals surface area contributed by atoms with Crippen LogP contribution in [0.4, 0.5) is 15.8 Å². The molecule has 0 spiro atoms. The van der Waals surface area contributed by atoms with E-state index in [9.17, 15) is 9.18 Å². The van der Waals surface area contributed by atoms with E-state index >= 15 is 0 Å². The SMILES string of the molecule is C=C(CN(C)C)C(=O)NCc1coc(-c2cnccc2Nc2ccc(F)c(Cl)c2)n1. The lowest BCUT2D eigenvalue weighted by Gasteiger charge is -2.11. The van der Waals surface area contributed by atoms with Gasteiger partial charge >= 0.3 is 0 Å². The zero-order valence-electron chi connectivity index (χ0n) is 16.6. The number of rotatable bonds is 8. The third-order valence-electron chi connectivity index (χ3n) is 4.06. The summed E-state index contributed by atoms with van der Waals surface area (Å²) in [6.45, 7) is 4.44. The van der Waals surface area contributed by atoms with E-state index in [2.05, 4.69) is 27.2 Å². The van der Waals surface area contributed by atoms with Crippen molar-refractivity contribution in [3.05, 3.63) is 71.6 Å². The Morgan fingerprint density at radius 2 is 2.13 bits per heavy atom. The summed E-state index contributed by atoms with van der Waals surface area (Å²) >= 11 is 5.85. The van der Waals surface area contributed by atoms with Gasteiger partial charge < -0.3 is 20.0 Å². The highest BCUT2D eigenvalue weighted by atomic mass is 35.5. The van der Waals surface area contributed by atoms with Crippen LogP contribution in [0.2, 0.25) is 5.02 Å². The number of amides is 1. The van der Waals surface area contributed by atoms with Gasteiger partial charge in [0.15, 0.2) is 0 Å². The fourth-order valence-electron chi connectivity index (χ4n) is 2.66. The average Bonchev–Trinajstić information content (AvgIpc) is 3.17. The lowest BCUT2D eigenvalue weighted by Crippen LogP contribution is -2.29. The third kappa shape index (κ3) is 5.43. The minimum Gasteiger partial charge on any atom is -0.444 e. The van der Waals surface area contributed by atoms with Crippen LogP contribution in [-0.2, 0) is 11.3 Å². The number of anilines is 2. The molecule has 3 aromatic rings. The monoisotopic (exact) mass is 429 g/mol. The number of hydrogen-bond donors (Lipinski definition) is 2. The Morgan fingerprint density at radius 3 is 2.87 bits per heavy atom. The minimum atomic E-state index is -0.496. The first kappa shape index (κ1) is 21.5. The number of carbonyl (C=O) groups is 1. The van der Waals surface area contributed by atoms with E-state index in [1.54, 1.807) is 24.5 Å². The van der Waals surface area contributed by atoms with E-state index < -0.39 is 5.82 Å². The van der Waals surface area contributed by atoms with Crippen molar-refractivity contribution >= 4 is 28.9 Å². The van der Waals surface area contributed by atoms with Crippen LogP contribution in [0.25, 0.3) is 11.5 Å². The molecular weight excluding hydrogens is 409 g/mol. The fourth-order valence-corrected chi connectivity index (χ4v) is 2.85. The van der Waals surface area contributed by atoms with Gasteiger partial charge in [0.1, 0.15) is 12.1 Å². The van der Waals surface area contributed by atoms with E-state index in [4.69, 9.17) is 16.0 Å². The predicted molar refractivity (Wildman–Crippen MR) is 114 cm³/mol. The Morgan fingerprint density at radius 1 is 1.33 bits per heavy atom. The van der Waals surface area contributed by atoms with Crippen molar-refractivity contribution < 1.29 is 13.6 Å². The van der Waals surface area contributed by atoms with Crippen LogP contribution in [0.1, 0.15) is 5.69 Å². The minimum absolute atomic E-state index is 0.0145. The smallest absolute Gasteiger partial charge is 0.248 e. The summed E-state index contributed by atoms with van der Waals surface area (Å²) in [5, 5.41) is 5.93. The number of oxazole rings is 1. The summed E-state index contributed by atoms with van der Waals surface area (Å²) in [5.41, 5.74) is 2.88. The maximum Gasteiger partial charge on any atom is 0.248 e. The predicted octanol–water partition coefficient (Wildman–Crippen LogP) is 4.01. The van der Waals surface area contributed by atoms with Gasteiger partial charge in [-0.25, -0.2) is 9.37 Å². The van der Waals surface area contributed by atoms with Gasteiger partial charge in [0.05, 0.1) is 28.5 Å². The number of likely N-dealkylation sites (N-methyl/N-ethyl adjacent to an activating group) is 1. The van der Waals surface area contributed by atoms with Crippen LogP contribution < -0.4 is 10.6 Å². The highest BCUT2D eigenvalue weighted by Gasteiger charge is 2.14. The van der Waals surface area contributed by atoms with Gasteiger partial charge in [-0.1, -0.05) is 18.2 Å². The number of benzene rings is 1. The molecule has 2 N–H and O–H groups in total. The van der Waals surface area contributed by atoms with Crippen molar-refractivity contribution in [2.75, 3.05) is 26.0 Å². The number of pyridine rings is 1. The van der Waals surface area contributed by atoms with E-state index in [-0.39, 0.29) is 17.5 Å². The first-order valence-electron chi connectivity index (χ1n) is 9.05. The van der Waals surface area contributed by atoms with Crippen molar-refractivity contribution in [2.45, 2.75) is 6.54 Å². The maximum absolute atomic E-state index is 13.4. The summed E-state index contributed by atoms with van der Waals surface area (Å²) < 4.78 is 19.0. The van der Waals surface area contributed by atoms with Crippen molar-refractivity contribution in [3.8, 4) is 11.5 Å². The molecule has 0 saturated carbocycles.